The number of ether oxygens (including phenoxy) is 1. The first-order chi connectivity index (χ1) is 6.95. The maximum atomic E-state index is 5.59. The van der Waals surface area contributed by atoms with Crippen LogP contribution in [0.4, 0.5) is 0 Å². The lowest BCUT2D eigenvalue weighted by Crippen LogP contribution is -1.94. The molecule has 0 saturated heterocycles. The number of rotatable bonds is 3. The summed E-state index contributed by atoms with van der Waals surface area (Å²) >= 11 is 0. The molecule has 0 bridgehead atoms. The van der Waals surface area contributed by atoms with E-state index in [2.05, 4.69) is 12.1 Å². The van der Waals surface area contributed by atoms with Gasteiger partial charge in [-0.15, -0.1) is 0 Å². The SMILES string of the molecule is [H+].c1ccc(COc2ccccc2)cc1. The van der Waals surface area contributed by atoms with Crippen molar-refractivity contribution in [2.45, 2.75) is 6.61 Å². The lowest BCUT2D eigenvalue weighted by molar-refractivity contribution is 0.306. The molecule has 2 aromatic rings. The van der Waals surface area contributed by atoms with E-state index in [0.29, 0.717) is 6.61 Å². The molecule has 70 valence electrons. The van der Waals surface area contributed by atoms with Gasteiger partial charge in [0.05, 0.1) is 0 Å². The molecule has 0 fully saturated rings. The minimum atomic E-state index is 0. The number of hydrogen-bond acceptors (Lipinski definition) is 1. The number of para-hydroxylation sites is 1. The van der Waals surface area contributed by atoms with E-state index in [9.17, 15) is 0 Å². The van der Waals surface area contributed by atoms with Crippen molar-refractivity contribution in [1.82, 2.24) is 0 Å². The Bertz CT molecular complexity index is 333. The normalized spacial score (nSPS) is 9.71. The van der Waals surface area contributed by atoms with Crippen molar-refractivity contribution in [2.24, 2.45) is 0 Å². The van der Waals surface area contributed by atoms with Crippen molar-refractivity contribution < 1.29 is 6.16 Å². The van der Waals surface area contributed by atoms with E-state index in [1.807, 2.05) is 48.5 Å². The Morgan fingerprint density at radius 1 is 0.786 bits per heavy atom. The first-order valence-electron chi connectivity index (χ1n) is 4.67. The Balaban J connectivity index is 0.00000112. The van der Waals surface area contributed by atoms with Gasteiger partial charge in [0.2, 0.25) is 0 Å². The summed E-state index contributed by atoms with van der Waals surface area (Å²) in [7, 11) is 0. The molecule has 0 heterocycles. The van der Waals surface area contributed by atoms with Crippen LogP contribution in [-0.2, 0) is 6.61 Å². The van der Waals surface area contributed by atoms with E-state index in [-0.39, 0.29) is 1.43 Å². The average molecular weight is 185 g/mol. The van der Waals surface area contributed by atoms with E-state index in [0.717, 1.165) is 5.75 Å². The molecule has 2 rings (SSSR count). The standard InChI is InChI=1S/C13H12O/c1-3-7-12(8-4-1)11-14-13-9-5-2-6-10-13/h1-10H,11H2/p+1. The second-order valence-corrected chi connectivity index (χ2v) is 3.09. The van der Waals surface area contributed by atoms with Crippen molar-refractivity contribution >= 4 is 0 Å². The van der Waals surface area contributed by atoms with Gasteiger partial charge in [0.25, 0.3) is 0 Å². The van der Waals surface area contributed by atoms with Gasteiger partial charge in [0.15, 0.2) is 0 Å². The Morgan fingerprint density at radius 2 is 1.36 bits per heavy atom. The molecule has 0 aromatic heterocycles. The summed E-state index contributed by atoms with van der Waals surface area (Å²) in [6, 6.07) is 20.0. The van der Waals surface area contributed by atoms with Crippen molar-refractivity contribution in [3.63, 3.8) is 0 Å². The third kappa shape index (κ3) is 2.36. The summed E-state index contributed by atoms with van der Waals surface area (Å²) < 4.78 is 5.59. The molecule has 0 saturated carbocycles. The molecule has 1 heteroatoms. The van der Waals surface area contributed by atoms with Gasteiger partial charge in [0, 0.05) is 0 Å². The second kappa shape index (κ2) is 4.47. The highest BCUT2D eigenvalue weighted by Crippen LogP contribution is 2.10. The highest BCUT2D eigenvalue weighted by Gasteiger charge is 1.92. The molecule has 0 aliphatic carbocycles. The van der Waals surface area contributed by atoms with Crippen molar-refractivity contribution in [3.8, 4) is 5.75 Å². The van der Waals surface area contributed by atoms with Gasteiger partial charge in [0.1, 0.15) is 12.4 Å². The first kappa shape index (κ1) is 8.82. The maximum Gasteiger partial charge on any atom is 1.00 e. The molecule has 0 aliphatic heterocycles. The molecular weight excluding hydrogens is 172 g/mol. The zero-order valence-electron chi connectivity index (χ0n) is 8.89. The fourth-order valence-corrected chi connectivity index (χ4v) is 1.26. The molecule has 0 N–H and O–H groups in total. The smallest absolute Gasteiger partial charge is 0.489 e. The minimum absolute atomic E-state index is 0. The van der Waals surface area contributed by atoms with E-state index < -0.39 is 0 Å². The van der Waals surface area contributed by atoms with Crippen LogP contribution in [0.3, 0.4) is 0 Å². The summed E-state index contributed by atoms with van der Waals surface area (Å²) in [5.41, 5.74) is 1.19. The lowest BCUT2D eigenvalue weighted by Gasteiger charge is -2.05. The summed E-state index contributed by atoms with van der Waals surface area (Å²) in [4.78, 5) is 0. The molecule has 0 amide bonds. The molecule has 14 heavy (non-hydrogen) atoms. The van der Waals surface area contributed by atoms with Crippen molar-refractivity contribution in [3.05, 3.63) is 66.2 Å². The predicted molar refractivity (Wildman–Crippen MR) is 58.3 cm³/mol. The van der Waals surface area contributed by atoms with Crippen LogP contribution >= 0.6 is 0 Å². The fraction of sp³-hybridized carbons (Fsp3) is 0.0769. The Kier molecular flexibility index (Phi) is 2.82. The zero-order valence-corrected chi connectivity index (χ0v) is 7.89. The summed E-state index contributed by atoms with van der Waals surface area (Å²) in [6.07, 6.45) is 0. The average Bonchev–Trinajstić information content (AvgIpc) is 2.29. The third-order valence-corrected chi connectivity index (χ3v) is 1.99. The van der Waals surface area contributed by atoms with Crippen LogP contribution in [0.2, 0.25) is 0 Å². The van der Waals surface area contributed by atoms with Crippen LogP contribution in [-0.4, -0.2) is 0 Å². The summed E-state index contributed by atoms with van der Waals surface area (Å²) in [6.45, 7) is 0.630. The van der Waals surface area contributed by atoms with E-state index in [1.165, 1.54) is 5.56 Å². The van der Waals surface area contributed by atoms with Crippen molar-refractivity contribution in [2.75, 3.05) is 0 Å². The largest absolute Gasteiger partial charge is 1.00 e. The molecule has 0 spiro atoms. The Hall–Kier alpha value is -1.76. The Labute approximate surface area is 85.5 Å². The molecule has 0 unspecified atom stereocenters. The maximum absolute atomic E-state index is 5.59. The topological polar surface area (TPSA) is 9.23 Å². The molecule has 2 aromatic carbocycles. The van der Waals surface area contributed by atoms with E-state index in [1.54, 1.807) is 0 Å². The van der Waals surface area contributed by atoms with Gasteiger partial charge in [-0.25, -0.2) is 0 Å². The van der Waals surface area contributed by atoms with Crippen LogP contribution in [0.15, 0.2) is 60.7 Å². The summed E-state index contributed by atoms with van der Waals surface area (Å²) in [5, 5.41) is 0. The zero-order chi connectivity index (χ0) is 9.64. The first-order valence-corrected chi connectivity index (χ1v) is 4.67. The van der Waals surface area contributed by atoms with Gasteiger partial charge >= 0.3 is 1.43 Å². The highest BCUT2D eigenvalue weighted by molar-refractivity contribution is 5.22. The highest BCUT2D eigenvalue weighted by atomic mass is 16.5. The monoisotopic (exact) mass is 185 g/mol. The van der Waals surface area contributed by atoms with Gasteiger partial charge in [-0.1, -0.05) is 48.5 Å². The molecule has 0 aliphatic rings. The molecular formula is C13H13O+. The fourth-order valence-electron chi connectivity index (χ4n) is 1.26. The van der Waals surface area contributed by atoms with Gasteiger partial charge in [-0.3, -0.25) is 0 Å². The molecule has 0 radical (unpaired) electrons. The van der Waals surface area contributed by atoms with Crippen LogP contribution in [0.5, 0.6) is 5.75 Å². The Morgan fingerprint density at radius 3 is 2.00 bits per heavy atom. The minimum Gasteiger partial charge on any atom is -0.489 e. The molecule has 1 nitrogen and oxygen atoms in total. The predicted octanol–water partition coefficient (Wildman–Crippen LogP) is 3.38. The van der Waals surface area contributed by atoms with Crippen molar-refractivity contribution in [1.29, 1.82) is 0 Å². The lowest BCUT2D eigenvalue weighted by atomic mass is 10.2. The quantitative estimate of drug-likeness (QED) is 0.712. The second-order valence-electron chi connectivity index (χ2n) is 3.09. The van der Waals surface area contributed by atoms with Crippen LogP contribution < -0.4 is 4.74 Å². The third-order valence-electron chi connectivity index (χ3n) is 1.99. The van der Waals surface area contributed by atoms with Gasteiger partial charge < -0.3 is 4.74 Å². The van der Waals surface area contributed by atoms with Crippen LogP contribution in [0, 0.1) is 0 Å². The number of benzene rings is 2. The van der Waals surface area contributed by atoms with Gasteiger partial charge in [-0.2, -0.15) is 0 Å². The van der Waals surface area contributed by atoms with Gasteiger partial charge in [-0.05, 0) is 17.7 Å². The van der Waals surface area contributed by atoms with E-state index in [4.69, 9.17) is 4.74 Å². The van der Waals surface area contributed by atoms with Crippen LogP contribution in [0.25, 0.3) is 0 Å². The van der Waals surface area contributed by atoms with E-state index >= 15 is 0 Å². The molecule has 0 atom stereocenters. The van der Waals surface area contributed by atoms with Crippen LogP contribution in [0.1, 0.15) is 6.99 Å². The number of hydrogen-bond donors (Lipinski definition) is 0. The summed E-state index contributed by atoms with van der Waals surface area (Å²) in [5.74, 6) is 0.913.